The van der Waals surface area contributed by atoms with E-state index in [1.165, 1.54) is 0 Å². The number of halogens is 3. The van der Waals surface area contributed by atoms with E-state index in [4.69, 9.17) is 11.1 Å². The molecule has 0 bridgehead atoms. The first kappa shape index (κ1) is 22.1. The number of anilines is 1. The van der Waals surface area contributed by atoms with Crippen LogP contribution < -0.4 is 16.0 Å². The summed E-state index contributed by atoms with van der Waals surface area (Å²) in [5.41, 5.74) is 7.84. The average molecular weight is 445 g/mol. The third-order valence-corrected chi connectivity index (χ3v) is 6.25. The number of hydrogen-bond donors (Lipinski definition) is 3. The Bertz CT molecular complexity index is 982. The van der Waals surface area contributed by atoms with Gasteiger partial charge in [0.15, 0.2) is 5.82 Å². The number of nitrogens with two attached hydrogens (primary N) is 1. The van der Waals surface area contributed by atoms with Crippen LogP contribution in [0, 0.1) is 17.2 Å². The third-order valence-electron chi connectivity index (χ3n) is 6.25. The van der Waals surface area contributed by atoms with Crippen LogP contribution in [0.4, 0.5) is 19.0 Å². The minimum atomic E-state index is -4.47. The maximum Gasteiger partial charge on any atom is 0.396 e. The minimum absolute atomic E-state index is 0.0260. The van der Waals surface area contributed by atoms with Crippen molar-refractivity contribution in [2.75, 3.05) is 18.0 Å². The van der Waals surface area contributed by atoms with E-state index in [2.05, 4.69) is 39.1 Å². The molecule has 1 unspecified atom stereocenters. The number of allylic oxidation sites excluding steroid dienone is 6. The molecule has 1 fully saturated rings. The molecule has 1 saturated heterocycles. The molecule has 0 radical (unpaired) electrons. The lowest BCUT2D eigenvalue weighted by atomic mass is 9.80. The first-order valence-electron chi connectivity index (χ1n) is 10.8. The number of nitrogens with zero attached hydrogens (tertiary/aromatic N) is 3. The summed E-state index contributed by atoms with van der Waals surface area (Å²) in [6.07, 6.45) is 4.68. The van der Waals surface area contributed by atoms with Gasteiger partial charge in [0, 0.05) is 42.4 Å². The van der Waals surface area contributed by atoms with Gasteiger partial charge in [-0.1, -0.05) is 24.8 Å². The summed E-state index contributed by atoms with van der Waals surface area (Å²) in [7, 11) is 0. The lowest BCUT2D eigenvalue weighted by Gasteiger charge is -2.36. The van der Waals surface area contributed by atoms with Gasteiger partial charge in [-0.3, -0.25) is 0 Å². The van der Waals surface area contributed by atoms with Crippen LogP contribution in [0.2, 0.25) is 0 Å². The second kappa shape index (κ2) is 8.80. The van der Waals surface area contributed by atoms with E-state index in [9.17, 15) is 13.2 Å². The van der Waals surface area contributed by atoms with Gasteiger partial charge in [-0.25, -0.2) is 0 Å². The Morgan fingerprint density at radius 2 is 1.94 bits per heavy atom. The third kappa shape index (κ3) is 4.56. The van der Waals surface area contributed by atoms with E-state index < -0.39 is 12.1 Å². The molecule has 2 aliphatic heterocycles. The number of nitrogens with one attached hydrogen (secondary N) is 2. The molecule has 4 rings (SSSR count). The van der Waals surface area contributed by atoms with Crippen LogP contribution in [-0.4, -0.2) is 35.2 Å². The minimum Gasteiger partial charge on any atom is -0.385 e. The average Bonchev–Trinajstić information content (AvgIpc) is 2.78. The Morgan fingerprint density at radius 3 is 2.53 bits per heavy atom. The maximum absolute atomic E-state index is 13.6. The molecule has 6 nitrogen and oxygen atoms in total. The largest absolute Gasteiger partial charge is 0.396 e. The summed E-state index contributed by atoms with van der Waals surface area (Å²) >= 11 is 0. The van der Waals surface area contributed by atoms with Gasteiger partial charge < -0.3 is 21.4 Å². The van der Waals surface area contributed by atoms with Gasteiger partial charge in [-0.15, -0.1) is 10.2 Å². The van der Waals surface area contributed by atoms with Crippen molar-refractivity contribution in [2.24, 2.45) is 17.6 Å². The SMILES string of the molecule is C=C1CC(C(F)(F)F)C(C(=N)C2CCN(c3ccc(C4=CCCC=C4)nn3)CC2)=C(N)N1. The normalized spacial score (nSPS) is 22.6. The van der Waals surface area contributed by atoms with Crippen molar-refractivity contribution in [1.82, 2.24) is 15.5 Å². The summed E-state index contributed by atoms with van der Waals surface area (Å²) < 4.78 is 40.9. The van der Waals surface area contributed by atoms with Gasteiger partial charge in [0.2, 0.25) is 0 Å². The van der Waals surface area contributed by atoms with Gasteiger partial charge in [0.25, 0.3) is 0 Å². The summed E-state index contributed by atoms with van der Waals surface area (Å²) in [5.74, 6) is -1.45. The Balaban J connectivity index is 1.42. The topological polar surface area (TPSA) is 90.9 Å². The smallest absolute Gasteiger partial charge is 0.385 e. The van der Waals surface area contributed by atoms with Crippen LogP contribution in [0.5, 0.6) is 0 Å². The monoisotopic (exact) mass is 444 g/mol. The predicted molar refractivity (Wildman–Crippen MR) is 119 cm³/mol. The first-order chi connectivity index (χ1) is 15.2. The molecule has 0 amide bonds. The molecule has 3 aliphatic rings. The van der Waals surface area contributed by atoms with E-state index in [-0.39, 0.29) is 35.1 Å². The zero-order valence-electron chi connectivity index (χ0n) is 17.8. The van der Waals surface area contributed by atoms with Crippen LogP contribution >= 0.6 is 0 Å². The van der Waals surface area contributed by atoms with Gasteiger partial charge in [0.1, 0.15) is 5.82 Å². The van der Waals surface area contributed by atoms with Crippen molar-refractivity contribution in [3.63, 3.8) is 0 Å². The molecule has 9 heteroatoms. The number of hydrogen-bond acceptors (Lipinski definition) is 6. The standard InChI is InChI=1S/C23H27F3N6/c1-14-13-17(23(24,25)26)20(22(28)29-14)21(27)16-9-11-32(12-10-16)19-8-7-18(30-31-19)15-5-3-2-4-6-15/h3,5-8,16-17,27,29H,1-2,4,9-13,28H2. The molecular weight excluding hydrogens is 417 g/mol. The molecule has 0 spiro atoms. The lowest BCUT2D eigenvalue weighted by Crippen LogP contribution is -2.43. The van der Waals surface area contributed by atoms with Crippen molar-refractivity contribution >= 4 is 17.1 Å². The Labute approximate surface area is 185 Å². The van der Waals surface area contributed by atoms with Crippen LogP contribution in [0.15, 0.2) is 54.0 Å². The molecule has 1 aromatic heterocycles. The zero-order chi connectivity index (χ0) is 22.9. The molecule has 32 heavy (non-hydrogen) atoms. The summed E-state index contributed by atoms with van der Waals surface area (Å²) in [4.78, 5) is 2.06. The Hall–Kier alpha value is -3.10. The maximum atomic E-state index is 13.6. The fourth-order valence-corrected chi connectivity index (χ4v) is 4.53. The molecule has 170 valence electrons. The van der Waals surface area contributed by atoms with Crippen molar-refractivity contribution in [2.45, 2.75) is 38.3 Å². The molecule has 1 aliphatic carbocycles. The van der Waals surface area contributed by atoms with Crippen LogP contribution in [-0.2, 0) is 0 Å². The van der Waals surface area contributed by atoms with E-state index in [1.54, 1.807) is 0 Å². The second-order valence-corrected chi connectivity index (χ2v) is 8.45. The molecular formula is C23H27F3N6. The van der Waals surface area contributed by atoms with Crippen LogP contribution in [0.1, 0.15) is 37.8 Å². The number of aromatic nitrogens is 2. The quantitative estimate of drug-likeness (QED) is 0.603. The van der Waals surface area contributed by atoms with Crippen molar-refractivity contribution in [3.05, 3.63) is 59.7 Å². The molecule has 0 aromatic carbocycles. The highest BCUT2D eigenvalue weighted by Crippen LogP contribution is 2.41. The molecule has 3 heterocycles. The number of alkyl halides is 3. The van der Waals surface area contributed by atoms with E-state index in [0.29, 0.717) is 25.9 Å². The molecule has 1 atom stereocenters. The molecule has 4 N–H and O–H groups in total. The highest BCUT2D eigenvalue weighted by molar-refractivity contribution is 6.01. The van der Waals surface area contributed by atoms with Crippen molar-refractivity contribution < 1.29 is 13.2 Å². The zero-order valence-corrected chi connectivity index (χ0v) is 17.8. The van der Waals surface area contributed by atoms with Gasteiger partial charge in [-0.05, 0) is 43.4 Å². The summed E-state index contributed by atoms with van der Waals surface area (Å²) in [6, 6.07) is 3.87. The van der Waals surface area contributed by atoms with Crippen molar-refractivity contribution in [1.29, 1.82) is 5.41 Å². The highest BCUT2D eigenvalue weighted by Gasteiger charge is 2.47. The molecule has 1 aromatic rings. The predicted octanol–water partition coefficient (Wildman–Crippen LogP) is 4.30. The molecule has 0 saturated carbocycles. The van der Waals surface area contributed by atoms with Crippen molar-refractivity contribution in [3.8, 4) is 0 Å². The van der Waals surface area contributed by atoms with Crippen LogP contribution in [0.3, 0.4) is 0 Å². The van der Waals surface area contributed by atoms with E-state index in [1.807, 2.05) is 18.2 Å². The summed E-state index contributed by atoms with van der Waals surface area (Å²) in [6.45, 7) is 4.77. The fourth-order valence-electron chi connectivity index (χ4n) is 4.53. The van der Waals surface area contributed by atoms with Crippen LogP contribution in [0.25, 0.3) is 5.57 Å². The van der Waals surface area contributed by atoms with E-state index >= 15 is 0 Å². The summed E-state index contributed by atoms with van der Waals surface area (Å²) in [5, 5.41) is 19.9. The van der Waals surface area contributed by atoms with E-state index in [0.717, 1.165) is 29.9 Å². The second-order valence-electron chi connectivity index (χ2n) is 8.45. The number of rotatable bonds is 4. The van der Waals surface area contributed by atoms with Gasteiger partial charge >= 0.3 is 6.18 Å². The Kier molecular flexibility index (Phi) is 6.08. The lowest BCUT2D eigenvalue weighted by molar-refractivity contribution is -0.163. The fraction of sp³-hybridized carbons (Fsp3) is 0.435. The number of piperidine rings is 1. The van der Waals surface area contributed by atoms with Gasteiger partial charge in [0.05, 0.1) is 11.6 Å². The Morgan fingerprint density at radius 1 is 1.19 bits per heavy atom. The van der Waals surface area contributed by atoms with Gasteiger partial charge in [-0.2, -0.15) is 13.2 Å². The first-order valence-corrected chi connectivity index (χ1v) is 10.8. The highest BCUT2D eigenvalue weighted by atomic mass is 19.4.